The summed E-state index contributed by atoms with van der Waals surface area (Å²) in [5.41, 5.74) is 1.17. The summed E-state index contributed by atoms with van der Waals surface area (Å²) in [6.07, 6.45) is 9.82. The Kier molecular flexibility index (Phi) is 6.07. The third-order valence-electron chi connectivity index (χ3n) is 2.14. The summed E-state index contributed by atoms with van der Waals surface area (Å²) in [5.74, 6) is 0. The van der Waals surface area contributed by atoms with Crippen LogP contribution in [0.25, 0.3) is 0 Å². The fraction of sp³-hybridized carbons (Fsp3) is 0.286. The minimum atomic E-state index is 0.901. The normalized spacial score (nSPS) is 10.4. The van der Waals surface area contributed by atoms with Crippen molar-refractivity contribution in [3.63, 3.8) is 0 Å². The van der Waals surface area contributed by atoms with Crippen LogP contribution in [0.5, 0.6) is 0 Å². The zero-order valence-corrected chi connectivity index (χ0v) is 9.15. The van der Waals surface area contributed by atoms with Crippen molar-refractivity contribution in [3.05, 3.63) is 55.1 Å². The van der Waals surface area contributed by atoms with Crippen LogP contribution >= 0.6 is 0 Å². The van der Waals surface area contributed by atoms with Crippen molar-refractivity contribution in [2.45, 2.75) is 19.3 Å². The molecule has 0 amide bonds. The van der Waals surface area contributed by atoms with Gasteiger partial charge in [0.15, 0.2) is 0 Å². The lowest BCUT2D eigenvalue weighted by molar-refractivity contribution is 0.868. The van der Waals surface area contributed by atoms with Gasteiger partial charge in [0.05, 0.1) is 0 Å². The van der Waals surface area contributed by atoms with E-state index >= 15 is 0 Å². The van der Waals surface area contributed by atoms with Gasteiger partial charge in [-0.3, -0.25) is 0 Å². The number of allylic oxidation sites excluding steroid dienone is 2. The van der Waals surface area contributed by atoms with Gasteiger partial charge in [0.1, 0.15) is 0 Å². The summed E-state index contributed by atoms with van der Waals surface area (Å²) in [7, 11) is 0. The SMILES string of the molecule is C=CCCCC=CCNc1ccccc1. The topological polar surface area (TPSA) is 12.0 Å². The standard InChI is InChI=1S/C14H19N/c1-2-3-4-5-6-10-13-15-14-11-8-7-9-12-14/h2,6-12,15H,1,3-5,13H2. The Balaban J connectivity index is 2.08. The number of hydrogen-bond donors (Lipinski definition) is 1. The highest BCUT2D eigenvalue weighted by molar-refractivity contribution is 5.42. The molecule has 1 nitrogen and oxygen atoms in total. The van der Waals surface area contributed by atoms with Gasteiger partial charge in [-0.25, -0.2) is 0 Å². The second-order valence-electron chi connectivity index (χ2n) is 3.44. The van der Waals surface area contributed by atoms with E-state index < -0.39 is 0 Å². The lowest BCUT2D eigenvalue weighted by Crippen LogP contribution is -1.97. The molecule has 0 bridgehead atoms. The first-order valence-electron chi connectivity index (χ1n) is 5.48. The van der Waals surface area contributed by atoms with Crippen molar-refractivity contribution < 1.29 is 0 Å². The van der Waals surface area contributed by atoms with Gasteiger partial charge in [0.2, 0.25) is 0 Å². The Labute approximate surface area is 92.5 Å². The monoisotopic (exact) mass is 201 g/mol. The number of para-hydroxylation sites is 1. The van der Waals surface area contributed by atoms with Crippen LogP contribution in [0.2, 0.25) is 0 Å². The van der Waals surface area contributed by atoms with Crippen molar-refractivity contribution in [2.24, 2.45) is 0 Å². The molecule has 0 unspecified atom stereocenters. The summed E-state index contributed by atoms with van der Waals surface area (Å²) in [5, 5.41) is 3.33. The predicted octanol–water partition coefficient (Wildman–Crippen LogP) is 4.01. The molecule has 0 aliphatic rings. The second kappa shape index (κ2) is 7.86. The molecule has 0 radical (unpaired) electrons. The van der Waals surface area contributed by atoms with Gasteiger partial charge < -0.3 is 5.32 Å². The number of rotatable bonds is 7. The zero-order valence-electron chi connectivity index (χ0n) is 9.15. The quantitative estimate of drug-likeness (QED) is 0.519. The fourth-order valence-corrected chi connectivity index (χ4v) is 1.31. The van der Waals surface area contributed by atoms with E-state index in [4.69, 9.17) is 0 Å². The third-order valence-corrected chi connectivity index (χ3v) is 2.14. The molecule has 1 aromatic carbocycles. The first kappa shape index (κ1) is 11.6. The minimum absolute atomic E-state index is 0.901. The summed E-state index contributed by atoms with van der Waals surface area (Å²) in [6.45, 7) is 4.60. The zero-order chi connectivity index (χ0) is 10.8. The number of anilines is 1. The van der Waals surface area contributed by atoms with Crippen molar-refractivity contribution >= 4 is 5.69 Å². The number of unbranched alkanes of at least 4 members (excludes halogenated alkanes) is 2. The summed E-state index contributed by atoms with van der Waals surface area (Å²) in [4.78, 5) is 0. The maximum atomic E-state index is 3.70. The van der Waals surface area contributed by atoms with E-state index in [2.05, 4.69) is 36.2 Å². The van der Waals surface area contributed by atoms with E-state index in [0.29, 0.717) is 0 Å². The van der Waals surface area contributed by atoms with Crippen molar-refractivity contribution in [1.82, 2.24) is 0 Å². The molecule has 15 heavy (non-hydrogen) atoms. The van der Waals surface area contributed by atoms with E-state index in [9.17, 15) is 0 Å². The molecule has 0 saturated heterocycles. The van der Waals surface area contributed by atoms with E-state index in [1.165, 1.54) is 12.1 Å². The second-order valence-corrected chi connectivity index (χ2v) is 3.44. The molecule has 80 valence electrons. The van der Waals surface area contributed by atoms with Crippen LogP contribution in [-0.2, 0) is 0 Å². The molecule has 0 fully saturated rings. The Morgan fingerprint density at radius 2 is 1.87 bits per heavy atom. The summed E-state index contributed by atoms with van der Waals surface area (Å²) < 4.78 is 0. The van der Waals surface area contributed by atoms with Crippen LogP contribution in [0, 0.1) is 0 Å². The maximum Gasteiger partial charge on any atom is 0.0342 e. The highest BCUT2D eigenvalue weighted by Gasteiger charge is 1.85. The smallest absolute Gasteiger partial charge is 0.0342 e. The lowest BCUT2D eigenvalue weighted by atomic mass is 10.2. The average Bonchev–Trinajstić information content (AvgIpc) is 2.29. The Morgan fingerprint density at radius 1 is 1.07 bits per heavy atom. The third kappa shape index (κ3) is 5.74. The Morgan fingerprint density at radius 3 is 2.60 bits per heavy atom. The van der Waals surface area contributed by atoms with Crippen LogP contribution < -0.4 is 5.32 Å². The molecule has 1 aromatic rings. The van der Waals surface area contributed by atoms with Crippen LogP contribution in [0.1, 0.15) is 19.3 Å². The van der Waals surface area contributed by atoms with Crippen LogP contribution in [0.3, 0.4) is 0 Å². The molecule has 1 rings (SSSR count). The van der Waals surface area contributed by atoms with E-state index in [0.717, 1.165) is 19.4 Å². The number of benzene rings is 1. The maximum absolute atomic E-state index is 3.70. The highest BCUT2D eigenvalue weighted by Crippen LogP contribution is 2.04. The molecule has 0 spiro atoms. The molecular formula is C14H19N. The molecule has 1 N–H and O–H groups in total. The molecule has 0 heterocycles. The molecule has 0 aliphatic heterocycles. The predicted molar refractivity (Wildman–Crippen MR) is 68.1 cm³/mol. The first-order valence-corrected chi connectivity index (χ1v) is 5.48. The van der Waals surface area contributed by atoms with Gasteiger partial charge in [-0.05, 0) is 31.4 Å². The van der Waals surface area contributed by atoms with E-state index in [-0.39, 0.29) is 0 Å². The summed E-state index contributed by atoms with van der Waals surface area (Å²) >= 11 is 0. The van der Waals surface area contributed by atoms with Crippen LogP contribution in [-0.4, -0.2) is 6.54 Å². The van der Waals surface area contributed by atoms with E-state index in [1.807, 2.05) is 24.3 Å². The van der Waals surface area contributed by atoms with E-state index in [1.54, 1.807) is 0 Å². The molecular weight excluding hydrogens is 182 g/mol. The largest absolute Gasteiger partial charge is 0.382 e. The van der Waals surface area contributed by atoms with Gasteiger partial charge in [0.25, 0.3) is 0 Å². The average molecular weight is 201 g/mol. The minimum Gasteiger partial charge on any atom is -0.382 e. The van der Waals surface area contributed by atoms with Crippen molar-refractivity contribution in [1.29, 1.82) is 0 Å². The molecule has 1 heteroatoms. The first-order chi connectivity index (χ1) is 7.43. The van der Waals surface area contributed by atoms with Crippen LogP contribution in [0.4, 0.5) is 5.69 Å². The molecule has 0 atom stereocenters. The van der Waals surface area contributed by atoms with Crippen LogP contribution in [0.15, 0.2) is 55.1 Å². The number of nitrogens with one attached hydrogen (secondary N) is 1. The van der Waals surface area contributed by atoms with Gasteiger partial charge >= 0.3 is 0 Å². The van der Waals surface area contributed by atoms with Gasteiger partial charge in [0, 0.05) is 12.2 Å². The molecule has 0 saturated carbocycles. The molecule has 0 aromatic heterocycles. The van der Waals surface area contributed by atoms with Gasteiger partial charge in [-0.2, -0.15) is 0 Å². The summed E-state index contributed by atoms with van der Waals surface area (Å²) in [6, 6.07) is 10.2. The lowest BCUT2D eigenvalue weighted by Gasteiger charge is -2.01. The Hall–Kier alpha value is -1.50. The number of hydrogen-bond acceptors (Lipinski definition) is 1. The fourth-order valence-electron chi connectivity index (χ4n) is 1.31. The highest BCUT2D eigenvalue weighted by atomic mass is 14.8. The van der Waals surface area contributed by atoms with Crippen molar-refractivity contribution in [2.75, 3.05) is 11.9 Å². The Bertz CT molecular complexity index is 287. The molecule has 0 aliphatic carbocycles. The van der Waals surface area contributed by atoms with Gasteiger partial charge in [-0.1, -0.05) is 36.4 Å². The van der Waals surface area contributed by atoms with Crippen molar-refractivity contribution in [3.8, 4) is 0 Å². The van der Waals surface area contributed by atoms with Gasteiger partial charge in [-0.15, -0.1) is 6.58 Å².